The van der Waals surface area contributed by atoms with Gasteiger partial charge in [0.05, 0.1) is 0 Å². The maximum absolute atomic E-state index is 13.3. The van der Waals surface area contributed by atoms with Crippen molar-refractivity contribution in [3.8, 4) is 0 Å². The summed E-state index contributed by atoms with van der Waals surface area (Å²) < 4.78 is 26.3. The minimum Gasteiger partial charge on any atom is -0.204 e. The van der Waals surface area contributed by atoms with Crippen LogP contribution in [0.25, 0.3) is 0 Å². The molecule has 1 aromatic rings. The Labute approximate surface area is 113 Å². The summed E-state index contributed by atoms with van der Waals surface area (Å²) in [6.07, 6.45) is 4.52. The first-order valence-corrected chi connectivity index (χ1v) is 7.02. The predicted octanol–water partition coefficient (Wildman–Crippen LogP) is 5.63. The van der Waals surface area contributed by atoms with Crippen LogP contribution >= 0.6 is 27.5 Å². The van der Waals surface area contributed by atoms with E-state index in [0.717, 1.165) is 18.9 Å². The standard InChI is InChI=1S/C13H14BrClF2/c1-13(4-2-3-5-13)12(14)8-6-10(16)11(17)7-9(8)15/h6-7,12H,2-5H2,1H3. The normalized spacial score (nSPS) is 20.5. The molecule has 0 nitrogen and oxygen atoms in total. The fraction of sp³-hybridized carbons (Fsp3) is 0.538. The first-order chi connectivity index (χ1) is 7.94. The van der Waals surface area contributed by atoms with Crippen LogP contribution in [0.3, 0.4) is 0 Å². The zero-order chi connectivity index (χ0) is 12.6. The number of hydrogen-bond donors (Lipinski definition) is 0. The van der Waals surface area contributed by atoms with E-state index >= 15 is 0 Å². The summed E-state index contributed by atoms with van der Waals surface area (Å²) in [5.41, 5.74) is 0.725. The molecule has 17 heavy (non-hydrogen) atoms. The van der Waals surface area contributed by atoms with Crippen molar-refractivity contribution in [2.75, 3.05) is 0 Å². The Morgan fingerprint density at radius 3 is 2.35 bits per heavy atom. The molecule has 1 atom stereocenters. The van der Waals surface area contributed by atoms with Gasteiger partial charge in [-0.3, -0.25) is 0 Å². The molecule has 0 amide bonds. The van der Waals surface area contributed by atoms with Crippen LogP contribution in [0.1, 0.15) is 43.0 Å². The molecular weight excluding hydrogens is 309 g/mol. The largest absolute Gasteiger partial charge is 0.204 e. The van der Waals surface area contributed by atoms with E-state index in [4.69, 9.17) is 11.6 Å². The van der Waals surface area contributed by atoms with Gasteiger partial charge in [0.15, 0.2) is 11.6 Å². The number of hydrogen-bond acceptors (Lipinski definition) is 0. The Bertz CT molecular complexity index is 428. The molecule has 0 aliphatic heterocycles. The quantitative estimate of drug-likeness (QED) is 0.488. The van der Waals surface area contributed by atoms with Gasteiger partial charge in [0.2, 0.25) is 0 Å². The van der Waals surface area contributed by atoms with Crippen LogP contribution in [-0.2, 0) is 0 Å². The van der Waals surface area contributed by atoms with Crippen molar-refractivity contribution in [1.82, 2.24) is 0 Å². The Kier molecular flexibility index (Phi) is 3.79. The van der Waals surface area contributed by atoms with Crippen molar-refractivity contribution in [3.63, 3.8) is 0 Å². The fourth-order valence-corrected chi connectivity index (χ4v) is 3.77. The van der Waals surface area contributed by atoms with Crippen molar-refractivity contribution in [2.24, 2.45) is 5.41 Å². The van der Waals surface area contributed by atoms with Gasteiger partial charge in [0.25, 0.3) is 0 Å². The van der Waals surface area contributed by atoms with Crippen molar-refractivity contribution in [2.45, 2.75) is 37.4 Å². The van der Waals surface area contributed by atoms with Crippen LogP contribution in [0.4, 0.5) is 8.78 Å². The maximum atomic E-state index is 13.3. The first-order valence-electron chi connectivity index (χ1n) is 5.72. The first kappa shape index (κ1) is 13.3. The highest BCUT2D eigenvalue weighted by Crippen LogP contribution is 2.52. The van der Waals surface area contributed by atoms with E-state index in [0.29, 0.717) is 10.6 Å². The molecule has 0 aromatic heterocycles. The maximum Gasteiger partial charge on any atom is 0.160 e. The van der Waals surface area contributed by atoms with Gasteiger partial charge < -0.3 is 0 Å². The highest BCUT2D eigenvalue weighted by atomic mass is 79.9. The van der Waals surface area contributed by atoms with Crippen LogP contribution in [0.5, 0.6) is 0 Å². The van der Waals surface area contributed by atoms with E-state index in [9.17, 15) is 8.78 Å². The van der Waals surface area contributed by atoms with Crippen LogP contribution < -0.4 is 0 Å². The van der Waals surface area contributed by atoms with Crippen molar-refractivity contribution >= 4 is 27.5 Å². The number of halogens is 4. The zero-order valence-corrected chi connectivity index (χ0v) is 11.9. The average Bonchev–Trinajstić information content (AvgIpc) is 2.71. The molecule has 0 radical (unpaired) electrons. The zero-order valence-electron chi connectivity index (χ0n) is 9.57. The molecule has 0 bridgehead atoms. The monoisotopic (exact) mass is 322 g/mol. The van der Waals surface area contributed by atoms with Crippen molar-refractivity contribution in [3.05, 3.63) is 34.4 Å². The molecule has 0 saturated heterocycles. The van der Waals surface area contributed by atoms with Crippen LogP contribution in [-0.4, -0.2) is 0 Å². The number of rotatable bonds is 2. The van der Waals surface area contributed by atoms with Crippen LogP contribution in [0, 0.1) is 17.0 Å². The number of alkyl halides is 1. The fourth-order valence-electron chi connectivity index (χ4n) is 2.54. The van der Waals surface area contributed by atoms with E-state index in [1.165, 1.54) is 18.9 Å². The molecular formula is C13H14BrClF2. The molecule has 2 rings (SSSR count). The summed E-state index contributed by atoms with van der Waals surface area (Å²) in [5, 5.41) is 0.291. The molecule has 4 heteroatoms. The third kappa shape index (κ3) is 2.50. The molecule has 1 saturated carbocycles. The summed E-state index contributed by atoms with van der Waals surface area (Å²) in [7, 11) is 0. The minimum absolute atomic E-state index is 0.0277. The second-order valence-corrected chi connectivity index (χ2v) is 6.33. The van der Waals surface area contributed by atoms with Gasteiger partial charge in [-0.05, 0) is 36.0 Å². The van der Waals surface area contributed by atoms with E-state index in [2.05, 4.69) is 22.9 Å². The summed E-state index contributed by atoms with van der Waals surface area (Å²) in [5.74, 6) is -1.73. The summed E-state index contributed by atoms with van der Waals surface area (Å²) in [6.45, 7) is 2.16. The molecule has 0 N–H and O–H groups in total. The molecule has 0 spiro atoms. The molecule has 1 aliphatic carbocycles. The lowest BCUT2D eigenvalue weighted by Gasteiger charge is -2.30. The lowest BCUT2D eigenvalue weighted by atomic mass is 9.82. The van der Waals surface area contributed by atoms with Crippen molar-refractivity contribution < 1.29 is 8.78 Å². The van der Waals surface area contributed by atoms with Crippen LogP contribution in [0.2, 0.25) is 5.02 Å². The van der Waals surface area contributed by atoms with Gasteiger partial charge in [-0.2, -0.15) is 0 Å². The molecule has 1 unspecified atom stereocenters. The SMILES string of the molecule is CC1(C(Br)c2cc(F)c(F)cc2Cl)CCCC1. The third-order valence-corrected chi connectivity index (χ3v) is 5.60. The molecule has 1 aromatic carbocycles. The summed E-state index contributed by atoms with van der Waals surface area (Å²) in [6, 6.07) is 2.26. The third-order valence-electron chi connectivity index (χ3n) is 3.67. The van der Waals surface area contributed by atoms with E-state index < -0.39 is 11.6 Å². The minimum atomic E-state index is -0.893. The van der Waals surface area contributed by atoms with E-state index in [1.54, 1.807) is 0 Å². The second-order valence-electron chi connectivity index (χ2n) is 5.01. The van der Waals surface area contributed by atoms with Gasteiger partial charge >= 0.3 is 0 Å². The van der Waals surface area contributed by atoms with Gasteiger partial charge in [0, 0.05) is 9.85 Å². The van der Waals surface area contributed by atoms with E-state index in [1.807, 2.05) is 0 Å². The lowest BCUT2D eigenvalue weighted by Crippen LogP contribution is -2.18. The average molecular weight is 324 g/mol. The van der Waals surface area contributed by atoms with E-state index in [-0.39, 0.29) is 10.2 Å². The molecule has 94 valence electrons. The Morgan fingerprint density at radius 1 is 1.24 bits per heavy atom. The van der Waals surface area contributed by atoms with Gasteiger partial charge in [-0.25, -0.2) is 8.78 Å². The topological polar surface area (TPSA) is 0 Å². The second kappa shape index (κ2) is 4.85. The molecule has 0 heterocycles. The predicted molar refractivity (Wildman–Crippen MR) is 69.6 cm³/mol. The van der Waals surface area contributed by atoms with Crippen molar-refractivity contribution in [1.29, 1.82) is 0 Å². The molecule has 1 aliphatic rings. The van der Waals surface area contributed by atoms with Gasteiger partial charge in [0.1, 0.15) is 0 Å². The highest BCUT2D eigenvalue weighted by molar-refractivity contribution is 9.09. The van der Waals surface area contributed by atoms with Gasteiger partial charge in [-0.15, -0.1) is 0 Å². The van der Waals surface area contributed by atoms with Gasteiger partial charge in [-0.1, -0.05) is 47.3 Å². The lowest BCUT2D eigenvalue weighted by molar-refractivity contribution is 0.330. The Balaban J connectivity index is 2.36. The Hall–Kier alpha value is -0.150. The highest BCUT2D eigenvalue weighted by Gasteiger charge is 2.37. The summed E-state index contributed by atoms with van der Waals surface area (Å²) >= 11 is 9.61. The Morgan fingerprint density at radius 2 is 1.76 bits per heavy atom. The van der Waals surface area contributed by atoms with Crippen LogP contribution in [0.15, 0.2) is 12.1 Å². The number of benzene rings is 1. The molecule has 1 fully saturated rings. The smallest absolute Gasteiger partial charge is 0.160 e. The summed E-state index contributed by atoms with van der Waals surface area (Å²) in [4.78, 5) is -0.0277.